The summed E-state index contributed by atoms with van der Waals surface area (Å²) in [5, 5.41) is 2.56. The fourth-order valence-electron chi connectivity index (χ4n) is 2.32. The van der Waals surface area contributed by atoms with E-state index >= 15 is 0 Å². The van der Waals surface area contributed by atoms with Crippen molar-refractivity contribution < 1.29 is 19.1 Å². The molecule has 0 aromatic rings. The van der Waals surface area contributed by atoms with Crippen LogP contribution < -0.4 is 5.32 Å². The summed E-state index contributed by atoms with van der Waals surface area (Å²) in [5.41, 5.74) is -0.909. The minimum atomic E-state index is -0.495. The first-order valence-corrected chi connectivity index (χ1v) is 7.48. The van der Waals surface area contributed by atoms with Crippen molar-refractivity contribution in [2.24, 2.45) is 0 Å². The molecule has 1 heterocycles. The van der Waals surface area contributed by atoms with Crippen LogP contribution in [0.25, 0.3) is 0 Å². The van der Waals surface area contributed by atoms with Gasteiger partial charge in [0, 0.05) is 20.0 Å². The Labute approximate surface area is 127 Å². The molecule has 1 saturated heterocycles. The van der Waals surface area contributed by atoms with Gasteiger partial charge in [0.25, 0.3) is 0 Å². The average Bonchev–Trinajstić information content (AvgIpc) is 2.36. The maximum Gasteiger partial charge on any atom is 0.410 e. The Hall–Kier alpha value is -1.30. The molecule has 1 aliphatic heterocycles. The summed E-state index contributed by atoms with van der Waals surface area (Å²) in [6.45, 7) is 9.08. The van der Waals surface area contributed by atoms with E-state index in [4.69, 9.17) is 9.47 Å². The smallest absolute Gasteiger partial charge is 0.410 e. The fourth-order valence-corrected chi connectivity index (χ4v) is 2.32. The van der Waals surface area contributed by atoms with E-state index < -0.39 is 11.2 Å². The maximum atomic E-state index is 12.1. The van der Waals surface area contributed by atoms with Gasteiger partial charge in [-0.1, -0.05) is 0 Å². The first-order valence-electron chi connectivity index (χ1n) is 7.48. The minimum absolute atomic E-state index is 0.0431. The molecule has 0 aromatic carbocycles. The molecule has 0 spiro atoms. The third-order valence-corrected chi connectivity index (χ3v) is 3.37. The largest absolute Gasteiger partial charge is 0.444 e. The number of hydrogen-bond donors (Lipinski definition) is 1. The average molecular weight is 300 g/mol. The van der Waals surface area contributed by atoms with Crippen LogP contribution in [0.3, 0.4) is 0 Å². The zero-order chi connectivity index (χ0) is 16.1. The second-order valence-electron chi connectivity index (χ2n) is 6.73. The van der Waals surface area contributed by atoms with Gasteiger partial charge in [-0.05, 0) is 40.5 Å². The number of nitrogens with one attached hydrogen (secondary N) is 1. The van der Waals surface area contributed by atoms with E-state index in [1.807, 2.05) is 27.7 Å². The first kappa shape index (κ1) is 17.8. The molecule has 21 heavy (non-hydrogen) atoms. The molecule has 1 atom stereocenters. The lowest BCUT2D eigenvalue weighted by atomic mass is 9.95. The van der Waals surface area contributed by atoms with E-state index in [0.29, 0.717) is 26.1 Å². The van der Waals surface area contributed by atoms with Gasteiger partial charge in [-0.15, -0.1) is 0 Å². The van der Waals surface area contributed by atoms with Crippen LogP contribution >= 0.6 is 0 Å². The summed E-state index contributed by atoms with van der Waals surface area (Å²) in [7, 11) is 1.61. The van der Waals surface area contributed by atoms with Crippen LogP contribution in [0.4, 0.5) is 4.79 Å². The number of ether oxygens (including phenoxy) is 2. The van der Waals surface area contributed by atoms with Crippen LogP contribution in [0.1, 0.15) is 47.0 Å². The van der Waals surface area contributed by atoms with Gasteiger partial charge in [0.15, 0.2) is 0 Å². The standard InChI is InChI=1S/C15H28N2O4/c1-14(2,3)21-13(19)17-9-6-8-15(4,11-17)20-10-7-12(18)16-5/h6-11H2,1-5H3,(H,16,18). The second-order valence-corrected chi connectivity index (χ2v) is 6.73. The van der Waals surface area contributed by atoms with Crippen LogP contribution in [-0.4, -0.2) is 54.8 Å². The zero-order valence-corrected chi connectivity index (χ0v) is 13.8. The van der Waals surface area contributed by atoms with Gasteiger partial charge in [0.1, 0.15) is 5.60 Å². The van der Waals surface area contributed by atoms with Crippen molar-refractivity contribution >= 4 is 12.0 Å². The highest BCUT2D eigenvalue weighted by Gasteiger charge is 2.35. The van der Waals surface area contributed by atoms with E-state index in [1.165, 1.54) is 0 Å². The van der Waals surface area contributed by atoms with Gasteiger partial charge in [-0.3, -0.25) is 4.79 Å². The molecule has 0 bridgehead atoms. The SMILES string of the molecule is CNC(=O)CCOC1(C)CCCN(C(=O)OC(C)(C)C)C1. The predicted molar refractivity (Wildman–Crippen MR) is 80.1 cm³/mol. The molecular formula is C15H28N2O4. The van der Waals surface area contributed by atoms with Gasteiger partial charge in [-0.25, -0.2) is 4.79 Å². The van der Waals surface area contributed by atoms with E-state index in [9.17, 15) is 9.59 Å². The van der Waals surface area contributed by atoms with Gasteiger partial charge in [0.2, 0.25) is 5.91 Å². The van der Waals surface area contributed by atoms with Crippen LogP contribution in [0, 0.1) is 0 Å². The molecule has 0 aliphatic carbocycles. The van der Waals surface area contributed by atoms with E-state index in [0.717, 1.165) is 12.8 Å². The Morgan fingerprint density at radius 2 is 2.00 bits per heavy atom. The number of piperidine rings is 1. The lowest BCUT2D eigenvalue weighted by Gasteiger charge is -2.40. The minimum Gasteiger partial charge on any atom is -0.444 e. The van der Waals surface area contributed by atoms with E-state index in [-0.39, 0.29) is 12.0 Å². The Morgan fingerprint density at radius 1 is 1.33 bits per heavy atom. The number of carbonyl (C=O) groups excluding carboxylic acids is 2. The summed E-state index contributed by atoms with van der Waals surface area (Å²) in [6.07, 6.45) is 1.78. The highest BCUT2D eigenvalue weighted by atomic mass is 16.6. The van der Waals surface area contributed by atoms with Crippen LogP contribution in [0.15, 0.2) is 0 Å². The molecule has 1 fully saturated rings. The van der Waals surface area contributed by atoms with Crippen molar-refractivity contribution in [3.63, 3.8) is 0 Å². The normalized spacial score (nSPS) is 22.8. The fraction of sp³-hybridized carbons (Fsp3) is 0.867. The lowest BCUT2D eigenvalue weighted by Crippen LogP contribution is -2.51. The number of rotatable bonds is 4. The van der Waals surface area contributed by atoms with Crippen LogP contribution in [0.5, 0.6) is 0 Å². The number of nitrogens with zero attached hydrogens (tertiary/aromatic N) is 1. The first-order chi connectivity index (χ1) is 9.65. The highest BCUT2D eigenvalue weighted by Crippen LogP contribution is 2.26. The molecule has 122 valence electrons. The monoisotopic (exact) mass is 300 g/mol. The third-order valence-electron chi connectivity index (χ3n) is 3.37. The molecule has 0 radical (unpaired) electrons. The Kier molecular flexibility index (Phi) is 6.01. The van der Waals surface area contributed by atoms with Gasteiger partial charge >= 0.3 is 6.09 Å². The molecule has 6 heteroatoms. The third kappa shape index (κ3) is 6.33. The summed E-state index contributed by atoms with van der Waals surface area (Å²) in [6, 6.07) is 0. The summed E-state index contributed by atoms with van der Waals surface area (Å²) >= 11 is 0. The lowest BCUT2D eigenvalue weighted by molar-refractivity contribution is -0.125. The Bertz CT molecular complexity index is 378. The summed E-state index contributed by atoms with van der Waals surface area (Å²) in [4.78, 5) is 25.0. The number of carbonyl (C=O) groups is 2. The van der Waals surface area contributed by atoms with Crippen molar-refractivity contribution in [3.8, 4) is 0 Å². The molecule has 2 amide bonds. The summed E-state index contributed by atoms with van der Waals surface area (Å²) in [5.74, 6) is -0.0431. The van der Waals surface area contributed by atoms with Gasteiger partial charge in [0.05, 0.1) is 18.8 Å². The van der Waals surface area contributed by atoms with Crippen molar-refractivity contribution in [3.05, 3.63) is 0 Å². The van der Waals surface area contributed by atoms with Crippen molar-refractivity contribution in [2.45, 2.75) is 58.2 Å². The molecular weight excluding hydrogens is 272 g/mol. The van der Waals surface area contributed by atoms with Crippen LogP contribution in [0.2, 0.25) is 0 Å². The van der Waals surface area contributed by atoms with Crippen molar-refractivity contribution in [2.75, 3.05) is 26.7 Å². The number of hydrogen-bond acceptors (Lipinski definition) is 4. The Morgan fingerprint density at radius 3 is 2.57 bits per heavy atom. The second kappa shape index (κ2) is 7.11. The number of likely N-dealkylation sites (tertiary alicyclic amines) is 1. The Balaban J connectivity index is 2.50. The molecule has 1 aliphatic rings. The number of amides is 2. The quantitative estimate of drug-likeness (QED) is 0.861. The van der Waals surface area contributed by atoms with E-state index in [2.05, 4.69) is 5.32 Å². The molecule has 0 saturated carbocycles. The van der Waals surface area contributed by atoms with Crippen molar-refractivity contribution in [1.29, 1.82) is 0 Å². The molecule has 0 aromatic heterocycles. The van der Waals surface area contributed by atoms with Crippen LogP contribution in [-0.2, 0) is 14.3 Å². The summed E-state index contributed by atoms with van der Waals surface area (Å²) < 4.78 is 11.2. The van der Waals surface area contributed by atoms with E-state index in [1.54, 1.807) is 11.9 Å². The zero-order valence-electron chi connectivity index (χ0n) is 13.8. The topological polar surface area (TPSA) is 67.9 Å². The molecule has 1 unspecified atom stereocenters. The van der Waals surface area contributed by atoms with Gasteiger partial charge in [-0.2, -0.15) is 0 Å². The van der Waals surface area contributed by atoms with Gasteiger partial charge < -0.3 is 19.7 Å². The molecule has 6 nitrogen and oxygen atoms in total. The molecule has 1 rings (SSSR count). The maximum absolute atomic E-state index is 12.1. The predicted octanol–water partition coefficient (Wildman–Crippen LogP) is 1.93. The highest BCUT2D eigenvalue weighted by molar-refractivity contribution is 5.75. The van der Waals surface area contributed by atoms with Crippen molar-refractivity contribution in [1.82, 2.24) is 10.2 Å². The molecule has 1 N–H and O–H groups in total.